The molecule has 1 fully saturated rings. The molecule has 1 aliphatic heterocycles. The second-order valence-corrected chi connectivity index (χ2v) is 4.01. The first-order valence-electron chi connectivity index (χ1n) is 5.59. The summed E-state index contributed by atoms with van der Waals surface area (Å²) in [6.45, 7) is 3.28. The summed E-state index contributed by atoms with van der Waals surface area (Å²) in [6.07, 6.45) is 1.73. The van der Waals surface area contributed by atoms with Crippen LogP contribution in [0.15, 0.2) is 11.3 Å². The van der Waals surface area contributed by atoms with E-state index < -0.39 is 5.79 Å². The molecule has 0 aromatic rings. The van der Waals surface area contributed by atoms with Gasteiger partial charge in [0, 0.05) is 18.5 Å². The maximum absolute atomic E-state index is 11.7. The molecule has 0 bridgehead atoms. The van der Waals surface area contributed by atoms with Gasteiger partial charge in [-0.15, -0.1) is 0 Å². The van der Waals surface area contributed by atoms with E-state index in [1.807, 2.05) is 0 Å². The molecular weight excluding hydrogens is 210 g/mol. The van der Waals surface area contributed by atoms with Crippen LogP contribution < -0.4 is 5.73 Å². The molecule has 1 heterocycles. The van der Waals surface area contributed by atoms with Crippen LogP contribution in [-0.4, -0.2) is 31.6 Å². The molecule has 0 aromatic carbocycles. The molecule has 0 radical (unpaired) electrons. The Hall–Kier alpha value is -1.07. The van der Waals surface area contributed by atoms with E-state index in [4.69, 9.17) is 19.9 Å². The first kappa shape index (κ1) is 11.4. The summed E-state index contributed by atoms with van der Waals surface area (Å²) in [5.41, 5.74) is 6.94. The van der Waals surface area contributed by atoms with Crippen molar-refractivity contribution < 1.29 is 19.0 Å². The summed E-state index contributed by atoms with van der Waals surface area (Å²) >= 11 is 0. The van der Waals surface area contributed by atoms with Crippen LogP contribution in [0.1, 0.15) is 26.2 Å². The number of ether oxygens (including phenoxy) is 3. The summed E-state index contributed by atoms with van der Waals surface area (Å²) in [5.74, 6) is -0.983. The third kappa shape index (κ3) is 2.05. The van der Waals surface area contributed by atoms with Crippen molar-refractivity contribution in [2.75, 3.05) is 19.8 Å². The van der Waals surface area contributed by atoms with Gasteiger partial charge in [0.05, 0.1) is 25.4 Å². The van der Waals surface area contributed by atoms with Gasteiger partial charge in [-0.3, -0.25) is 0 Å². The molecule has 1 aliphatic carbocycles. The summed E-state index contributed by atoms with van der Waals surface area (Å²) in [6, 6.07) is 0. The molecule has 2 N–H and O–H groups in total. The second kappa shape index (κ2) is 4.43. The maximum Gasteiger partial charge on any atom is 0.335 e. The van der Waals surface area contributed by atoms with Gasteiger partial charge in [0.2, 0.25) is 0 Å². The predicted molar refractivity (Wildman–Crippen MR) is 56.3 cm³/mol. The van der Waals surface area contributed by atoms with Gasteiger partial charge >= 0.3 is 5.97 Å². The average molecular weight is 227 g/mol. The lowest BCUT2D eigenvalue weighted by atomic mass is 9.91. The van der Waals surface area contributed by atoms with Gasteiger partial charge in [-0.05, 0) is 13.3 Å². The molecular formula is C11H17NO4. The lowest BCUT2D eigenvalue weighted by Crippen LogP contribution is -2.37. The summed E-state index contributed by atoms with van der Waals surface area (Å²) < 4.78 is 16.1. The van der Waals surface area contributed by atoms with Crippen LogP contribution in [0, 0.1) is 0 Å². The van der Waals surface area contributed by atoms with Gasteiger partial charge < -0.3 is 19.9 Å². The highest BCUT2D eigenvalue weighted by Crippen LogP contribution is 2.37. The molecule has 90 valence electrons. The number of carbonyl (C=O) groups excluding carboxylic acids is 1. The molecule has 2 rings (SSSR count). The quantitative estimate of drug-likeness (QED) is 0.703. The Labute approximate surface area is 94.5 Å². The molecule has 0 aromatic heterocycles. The molecule has 5 heteroatoms. The smallest absolute Gasteiger partial charge is 0.335 e. The van der Waals surface area contributed by atoms with Gasteiger partial charge in [0.15, 0.2) is 5.79 Å². The highest BCUT2D eigenvalue weighted by atomic mass is 16.7. The Morgan fingerprint density at radius 1 is 1.50 bits per heavy atom. The predicted octanol–water partition coefficient (Wildman–Crippen LogP) is 0.689. The van der Waals surface area contributed by atoms with Gasteiger partial charge in [-0.25, -0.2) is 4.79 Å². The molecule has 1 spiro atoms. The Morgan fingerprint density at radius 3 is 2.81 bits per heavy atom. The normalized spacial score (nSPS) is 23.8. The highest BCUT2D eigenvalue weighted by Gasteiger charge is 2.42. The molecule has 0 saturated carbocycles. The highest BCUT2D eigenvalue weighted by molar-refractivity contribution is 5.89. The first-order valence-corrected chi connectivity index (χ1v) is 5.59. The van der Waals surface area contributed by atoms with E-state index in [-0.39, 0.29) is 5.97 Å². The van der Waals surface area contributed by atoms with E-state index in [1.165, 1.54) is 0 Å². The zero-order valence-electron chi connectivity index (χ0n) is 9.45. The van der Waals surface area contributed by atoms with Crippen LogP contribution in [0.25, 0.3) is 0 Å². The molecule has 16 heavy (non-hydrogen) atoms. The van der Waals surface area contributed by atoms with Crippen LogP contribution in [0.3, 0.4) is 0 Å². The van der Waals surface area contributed by atoms with E-state index >= 15 is 0 Å². The minimum absolute atomic E-state index is 0.349. The van der Waals surface area contributed by atoms with Crippen molar-refractivity contribution in [2.24, 2.45) is 5.73 Å². The third-order valence-corrected chi connectivity index (χ3v) is 2.94. The minimum atomic E-state index is -0.634. The lowest BCUT2D eigenvalue weighted by Gasteiger charge is -2.32. The fourth-order valence-corrected chi connectivity index (χ4v) is 2.11. The van der Waals surface area contributed by atoms with Gasteiger partial charge in [-0.2, -0.15) is 0 Å². The van der Waals surface area contributed by atoms with Crippen LogP contribution in [-0.2, 0) is 19.0 Å². The number of allylic oxidation sites excluding steroid dienone is 1. The number of carbonyl (C=O) groups is 1. The zero-order valence-corrected chi connectivity index (χ0v) is 9.45. The number of nitrogens with two attached hydrogens (primary N) is 1. The Bertz CT molecular complexity index is 318. The fourth-order valence-electron chi connectivity index (χ4n) is 2.11. The third-order valence-electron chi connectivity index (χ3n) is 2.94. The average Bonchev–Trinajstić information content (AvgIpc) is 2.71. The van der Waals surface area contributed by atoms with Crippen LogP contribution >= 0.6 is 0 Å². The van der Waals surface area contributed by atoms with Crippen molar-refractivity contribution in [3.8, 4) is 0 Å². The molecule has 1 saturated heterocycles. The van der Waals surface area contributed by atoms with E-state index in [0.717, 1.165) is 0 Å². The molecule has 5 nitrogen and oxygen atoms in total. The Balaban J connectivity index is 2.13. The van der Waals surface area contributed by atoms with Crippen molar-refractivity contribution in [1.29, 1.82) is 0 Å². The maximum atomic E-state index is 11.7. The fraction of sp³-hybridized carbons (Fsp3) is 0.727. The second-order valence-electron chi connectivity index (χ2n) is 4.01. The summed E-state index contributed by atoms with van der Waals surface area (Å²) in [4.78, 5) is 11.7. The van der Waals surface area contributed by atoms with Gasteiger partial charge in [0.1, 0.15) is 0 Å². The molecule has 0 unspecified atom stereocenters. The van der Waals surface area contributed by atoms with Gasteiger partial charge in [-0.1, -0.05) is 0 Å². The first-order chi connectivity index (χ1) is 7.67. The van der Waals surface area contributed by atoms with Crippen molar-refractivity contribution in [2.45, 2.75) is 32.0 Å². The number of esters is 1. The van der Waals surface area contributed by atoms with Crippen LogP contribution in [0.5, 0.6) is 0 Å². The number of hydrogen-bond donors (Lipinski definition) is 1. The van der Waals surface area contributed by atoms with Gasteiger partial charge in [0.25, 0.3) is 0 Å². The van der Waals surface area contributed by atoms with E-state index in [1.54, 1.807) is 6.92 Å². The summed E-state index contributed by atoms with van der Waals surface area (Å²) in [7, 11) is 0. The molecule has 0 amide bonds. The van der Waals surface area contributed by atoms with E-state index in [2.05, 4.69) is 0 Å². The number of rotatable bonds is 2. The SMILES string of the molecule is CCOC(=O)C1=C(N)CCC2(C1)OCCO2. The molecule has 2 aliphatic rings. The van der Waals surface area contributed by atoms with E-state index in [9.17, 15) is 4.79 Å². The van der Waals surface area contributed by atoms with Crippen molar-refractivity contribution in [3.63, 3.8) is 0 Å². The number of hydrogen-bond acceptors (Lipinski definition) is 5. The van der Waals surface area contributed by atoms with E-state index in [0.29, 0.717) is 50.4 Å². The van der Waals surface area contributed by atoms with Crippen LogP contribution in [0.2, 0.25) is 0 Å². The molecule has 0 atom stereocenters. The van der Waals surface area contributed by atoms with Crippen molar-refractivity contribution >= 4 is 5.97 Å². The summed E-state index contributed by atoms with van der Waals surface area (Å²) in [5, 5.41) is 0. The largest absolute Gasteiger partial charge is 0.463 e. The topological polar surface area (TPSA) is 70.8 Å². The van der Waals surface area contributed by atoms with Crippen LogP contribution in [0.4, 0.5) is 0 Å². The lowest BCUT2D eigenvalue weighted by molar-refractivity contribution is -0.168. The van der Waals surface area contributed by atoms with Crippen molar-refractivity contribution in [1.82, 2.24) is 0 Å². The Kier molecular flexibility index (Phi) is 3.16. The standard InChI is InChI=1S/C11H17NO4/c1-2-14-10(13)8-7-11(4-3-9(8)12)15-5-6-16-11/h2-7,12H2,1H3. The van der Waals surface area contributed by atoms with Crippen molar-refractivity contribution in [3.05, 3.63) is 11.3 Å². The monoisotopic (exact) mass is 227 g/mol. The minimum Gasteiger partial charge on any atom is -0.463 e. The zero-order chi connectivity index (χ0) is 11.6. The Morgan fingerprint density at radius 2 is 2.19 bits per heavy atom.